The molecular weight excluding hydrogens is 454 g/mol. The summed E-state index contributed by atoms with van der Waals surface area (Å²) < 4.78 is 8.66. The van der Waals surface area contributed by atoms with E-state index >= 15 is 0 Å². The van der Waals surface area contributed by atoms with Crippen LogP contribution in [0.25, 0.3) is 10.9 Å². The molecule has 34 heavy (non-hydrogen) atoms. The highest BCUT2D eigenvalue weighted by atomic mass is 32.1. The summed E-state index contributed by atoms with van der Waals surface area (Å²) in [6.45, 7) is 5.08. The molecule has 0 unspecified atom stereocenters. The molecule has 0 atom stereocenters. The van der Waals surface area contributed by atoms with Gasteiger partial charge in [-0.3, -0.25) is 18.8 Å². The van der Waals surface area contributed by atoms with Crippen molar-refractivity contribution in [1.82, 2.24) is 14.0 Å². The average molecular weight is 484 g/mol. The summed E-state index contributed by atoms with van der Waals surface area (Å²) in [6.07, 6.45) is 1.50. The number of para-hydroxylation sites is 2. The van der Waals surface area contributed by atoms with Gasteiger partial charge in [0.2, 0.25) is 0 Å². The number of nitrogens with zero attached hydrogens (tertiary/aromatic N) is 5. The van der Waals surface area contributed by atoms with Crippen molar-refractivity contribution in [3.8, 4) is 5.75 Å². The van der Waals surface area contributed by atoms with Gasteiger partial charge in [-0.15, -0.1) is 11.3 Å². The van der Waals surface area contributed by atoms with Gasteiger partial charge in [0.25, 0.3) is 5.56 Å². The molecule has 2 aromatic heterocycles. The average Bonchev–Trinajstić information content (AvgIpc) is 3.22. The zero-order valence-corrected chi connectivity index (χ0v) is 20.3. The lowest BCUT2D eigenvalue weighted by molar-refractivity contribution is 0.213. The van der Waals surface area contributed by atoms with E-state index in [1.165, 1.54) is 23.0 Å². The number of oxime groups is 1. The number of hydrogen-bond acceptors (Lipinski definition) is 8. The quantitative estimate of drug-likeness (QED) is 0.500. The van der Waals surface area contributed by atoms with E-state index in [0.717, 1.165) is 61.0 Å². The number of piperazine rings is 1. The lowest BCUT2D eigenvalue weighted by atomic mass is 10.2. The lowest BCUT2D eigenvalue weighted by Gasteiger charge is -2.36. The number of aryl methyl sites for hydroxylation is 1. The van der Waals surface area contributed by atoms with Gasteiger partial charge < -0.3 is 14.5 Å². The Kier molecular flexibility index (Phi) is 6.42. The molecule has 0 N–H and O–H groups in total. The number of thiophene rings is 1. The molecule has 2 aliphatic heterocycles. The zero-order valence-electron chi connectivity index (χ0n) is 19.5. The van der Waals surface area contributed by atoms with Gasteiger partial charge in [0.05, 0.1) is 34.3 Å². The maximum absolute atomic E-state index is 13.3. The van der Waals surface area contributed by atoms with Crippen molar-refractivity contribution >= 4 is 33.6 Å². The van der Waals surface area contributed by atoms with Crippen molar-refractivity contribution < 1.29 is 9.57 Å². The summed E-state index contributed by atoms with van der Waals surface area (Å²) in [5.74, 6) is 0.877. The van der Waals surface area contributed by atoms with Crippen LogP contribution >= 0.6 is 11.3 Å². The minimum Gasteiger partial charge on any atom is -0.495 e. The molecule has 180 valence electrons. The molecule has 0 bridgehead atoms. The molecule has 4 heterocycles. The van der Waals surface area contributed by atoms with Gasteiger partial charge in [-0.25, -0.2) is 4.79 Å². The zero-order chi connectivity index (χ0) is 23.7. The third-order valence-electron chi connectivity index (χ3n) is 6.67. The Morgan fingerprint density at radius 1 is 1.03 bits per heavy atom. The van der Waals surface area contributed by atoms with Crippen molar-refractivity contribution in [1.29, 1.82) is 0 Å². The fourth-order valence-corrected chi connectivity index (χ4v) is 5.97. The largest absolute Gasteiger partial charge is 0.495 e. The maximum Gasteiger partial charge on any atom is 0.331 e. The maximum atomic E-state index is 13.3. The van der Waals surface area contributed by atoms with E-state index in [1.807, 2.05) is 23.6 Å². The Labute approximate surface area is 201 Å². The first-order chi connectivity index (χ1) is 16.6. The van der Waals surface area contributed by atoms with Gasteiger partial charge >= 0.3 is 5.69 Å². The third-order valence-corrected chi connectivity index (χ3v) is 7.69. The minimum absolute atomic E-state index is 0.218. The number of anilines is 1. The Morgan fingerprint density at radius 2 is 1.82 bits per heavy atom. The minimum atomic E-state index is -0.233. The van der Waals surface area contributed by atoms with E-state index in [4.69, 9.17) is 9.57 Å². The van der Waals surface area contributed by atoms with E-state index in [9.17, 15) is 9.59 Å². The molecule has 1 aromatic carbocycles. The fourth-order valence-electron chi connectivity index (χ4n) is 4.91. The van der Waals surface area contributed by atoms with Crippen LogP contribution in [0.15, 0.2) is 44.4 Å². The molecule has 3 aromatic rings. The highest BCUT2D eigenvalue weighted by Crippen LogP contribution is 2.29. The number of aromatic nitrogens is 2. The molecule has 1 saturated heterocycles. The Bertz CT molecular complexity index is 1330. The number of hydrogen-bond donors (Lipinski definition) is 0. The highest BCUT2D eigenvalue weighted by molar-refractivity contribution is 7.13. The topological polar surface area (TPSA) is 81.3 Å². The molecule has 10 heteroatoms. The Morgan fingerprint density at radius 3 is 2.59 bits per heavy atom. The molecule has 9 nitrogen and oxygen atoms in total. The van der Waals surface area contributed by atoms with Crippen LogP contribution in [-0.4, -0.2) is 66.7 Å². The summed E-state index contributed by atoms with van der Waals surface area (Å²) in [4.78, 5) is 37.1. The normalized spacial score (nSPS) is 17.8. The molecule has 5 rings (SSSR count). The van der Waals surface area contributed by atoms with Gasteiger partial charge in [0.15, 0.2) is 0 Å². The second-order valence-electron chi connectivity index (χ2n) is 8.54. The number of rotatable bonds is 6. The number of benzene rings is 1. The smallest absolute Gasteiger partial charge is 0.331 e. The molecule has 0 radical (unpaired) electrons. The van der Waals surface area contributed by atoms with E-state index in [-0.39, 0.29) is 11.2 Å². The van der Waals surface area contributed by atoms with Crippen molar-refractivity contribution in [2.75, 3.05) is 51.8 Å². The number of methoxy groups -OCH3 is 1. The van der Waals surface area contributed by atoms with Crippen LogP contribution in [0.1, 0.15) is 17.7 Å². The van der Waals surface area contributed by atoms with Crippen LogP contribution in [0.3, 0.4) is 0 Å². The van der Waals surface area contributed by atoms with E-state index in [0.29, 0.717) is 30.5 Å². The van der Waals surface area contributed by atoms with Crippen LogP contribution in [0.4, 0.5) is 5.69 Å². The SMILES string of the molecule is CO/N=C1\CCCn2c(=O)n(CCN3CCN(c4ccccc4OC)CC3)c(=O)c3csc1c32. The third kappa shape index (κ3) is 4.01. The summed E-state index contributed by atoms with van der Waals surface area (Å²) in [7, 11) is 3.21. The second kappa shape index (κ2) is 9.63. The molecule has 0 saturated carbocycles. The van der Waals surface area contributed by atoms with E-state index < -0.39 is 0 Å². The van der Waals surface area contributed by atoms with Crippen LogP contribution in [-0.2, 0) is 17.9 Å². The monoisotopic (exact) mass is 483 g/mol. The van der Waals surface area contributed by atoms with Gasteiger partial charge in [-0.2, -0.15) is 0 Å². The van der Waals surface area contributed by atoms with Crippen LogP contribution in [0.5, 0.6) is 5.75 Å². The predicted molar refractivity (Wildman–Crippen MR) is 135 cm³/mol. The standard InChI is InChI=1S/C24H29N5O4S/c1-32-20-8-4-3-7-19(20)27-13-10-26(11-14-27)12-15-29-23(30)17-16-34-22-18(25-33-2)6-5-9-28(21(17)22)24(29)31/h3-4,7-8,16H,5-6,9-15H2,1-2H3/b25-18+. The molecule has 1 fully saturated rings. The highest BCUT2D eigenvalue weighted by Gasteiger charge is 2.24. The van der Waals surface area contributed by atoms with Crippen LogP contribution < -0.4 is 20.9 Å². The molecule has 2 aliphatic rings. The van der Waals surface area contributed by atoms with Gasteiger partial charge in [-0.05, 0) is 25.0 Å². The van der Waals surface area contributed by atoms with Crippen molar-refractivity contribution in [2.45, 2.75) is 25.9 Å². The van der Waals surface area contributed by atoms with E-state index in [2.05, 4.69) is 21.0 Å². The van der Waals surface area contributed by atoms with Crippen molar-refractivity contribution in [3.05, 3.63) is 55.4 Å². The van der Waals surface area contributed by atoms with Gasteiger partial charge in [0, 0.05) is 51.2 Å². The first-order valence-corrected chi connectivity index (χ1v) is 12.5. The molecule has 0 aliphatic carbocycles. The Hall–Kier alpha value is -3.11. The molecule has 0 spiro atoms. The number of ether oxygens (including phenoxy) is 1. The van der Waals surface area contributed by atoms with Crippen molar-refractivity contribution in [2.24, 2.45) is 5.16 Å². The fraction of sp³-hybridized carbons (Fsp3) is 0.458. The summed E-state index contributed by atoms with van der Waals surface area (Å²) in [5, 5.41) is 6.58. The van der Waals surface area contributed by atoms with Crippen LogP contribution in [0.2, 0.25) is 0 Å². The van der Waals surface area contributed by atoms with Gasteiger partial charge in [0.1, 0.15) is 12.9 Å². The molecule has 0 amide bonds. The van der Waals surface area contributed by atoms with Gasteiger partial charge in [-0.1, -0.05) is 17.3 Å². The van der Waals surface area contributed by atoms with E-state index in [1.54, 1.807) is 11.7 Å². The summed E-state index contributed by atoms with van der Waals surface area (Å²) in [5.41, 5.74) is 2.16. The Balaban J connectivity index is 1.34. The van der Waals surface area contributed by atoms with Crippen molar-refractivity contribution in [3.63, 3.8) is 0 Å². The summed E-state index contributed by atoms with van der Waals surface area (Å²) >= 11 is 1.46. The first-order valence-electron chi connectivity index (χ1n) is 11.6. The van der Waals surface area contributed by atoms with Crippen LogP contribution in [0, 0.1) is 0 Å². The first kappa shape index (κ1) is 22.7. The lowest BCUT2D eigenvalue weighted by Crippen LogP contribution is -2.49. The molecular formula is C24H29N5O4S. The predicted octanol–water partition coefficient (Wildman–Crippen LogP) is 2.20. The summed E-state index contributed by atoms with van der Waals surface area (Å²) in [6, 6.07) is 8.06. The second-order valence-corrected chi connectivity index (χ2v) is 9.42.